The van der Waals surface area contributed by atoms with E-state index < -0.39 is 0 Å². The maximum absolute atomic E-state index is 11.3. The Kier molecular flexibility index (Phi) is 6.79. The molecule has 106 valence electrons. The highest BCUT2D eigenvalue weighted by Gasteiger charge is 2.04. The zero-order chi connectivity index (χ0) is 14.1. The van der Waals surface area contributed by atoms with Crippen molar-refractivity contribution in [3.8, 4) is 11.5 Å². The molecule has 1 rings (SSSR count). The molecule has 0 aliphatic heterocycles. The zero-order valence-electron chi connectivity index (χ0n) is 12.0. The van der Waals surface area contributed by atoms with Gasteiger partial charge in [-0.05, 0) is 37.0 Å². The average Bonchev–Trinajstić information content (AvgIpc) is 2.43. The van der Waals surface area contributed by atoms with Crippen LogP contribution in [0.15, 0.2) is 18.2 Å². The van der Waals surface area contributed by atoms with Crippen LogP contribution in [0.3, 0.4) is 0 Å². The van der Waals surface area contributed by atoms with E-state index in [1.807, 2.05) is 25.1 Å². The van der Waals surface area contributed by atoms with Crippen molar-refractivity contribution in [1.29, 1.82) is 0 Å². The smallest absolute Gasteiger partial charge is 0.219 e. The summed E-state index contributed by atoms with van der Waals surface area (Å²) in [7, 11) is 3.26. The van der Waals surface area contributed by atoms with E-state index in [1.54, 1.807) is 14.2 Å². The third-order valence-electron chi connectivity index (χ3n) is 2.89. The highest BCUT2D eigenvalue weighted by molar-refractivity contribution is 5.75. The van der Waals surface area contributed by atoms with Crippen LogP contribution in [0.2, 0.25) is 0 Å². The molecule has 19 heavy (non-hydrogen) atoms. The van der Waals surface area contributed by atoms with Gasteiger partial charge in [0.1, 0.15) is 0 Å². The van der Waals surface area contributed by atoms with Gasteiger partial charge in [0, 0.05) is 13.0 Å². The lowest BCUT2D eigenvalue weighted by atomic mass is 10.1. The number of methoxy groups -OCH3 is 2. The molecule has 0 saturated heterocycles. The van der Waals surface area contributed by atoms with Crippen molar-refractivity contribution < 1.29 is 14.3 Å². The van der Waals surface area contributed by atoms with Gasteiger partial charge in [0.2, 0.25) is 5.91 Å². The summed E-state index contributed by atoms with van der Waals surface area (Å²) in [6, 6.07) is 5.91. The predicted octanol–water partition coefficient (Wildman–Crippen LogP) is 2.55. The summed E-state index contributed by atoms with van der Waals surface area (Å²) in [6.07, 6.45) is 3.33. The monoisotopic (exact) mass is 265 g/mol. The first-order chi connectivity index (χ1) is 9.21. The van der Waals surface area contributed by atoms with E-state index >= 15 is 0 Å². The fourth-order valence-electron chi connectivity index (χ4n) is 1.87. The Bertz CT molecular complexity index is 404. The molecule has 0 fully saturated rings. The minimum atomic E-state index is 0.134. The van der Waals surface area contributed by atoms with Gasteiger partial charge in [-0.3, -0.25) is 4.79 Å². The van der Waals surface area contributed by atoms with Crippen LogP contribution < -0.4 is 14.8 Å². The van der Waals surface area contributed by atoms with Gasteiger partial charge in [-0.2, -0.15) is 0 Å². The van der Waals surface area contributed by atoms with Crippen molar-refractivity contribution in [3.05, 3.63) is 23.8 Å². The Morgan fingerprint density at radius 1 is 1.21 bits per heavy atom. The van der Waals surface area contributed by atoms with E-state index in [0.717, 1.165) is 30.8 Å². The molecule has 0 aromatic heterocycles. The summed E-state index contributed by atoms with van der Waals surface area (Å²) in [5.41, 5.74) is 1.18. The van der Waals surface area contributed by atoms with Crippen molar-refractivity contribution in [3.63, 3.8) is 0 Å². The number of rotatable bonds is 8. The topological polar surface area (TPSA) is 47.6 Å². The normalized spacial score (nSPS) is 10.1. The van der Waals surface area contributed by atoms with Crippen LogP contribution in [0.5, 0.6) is 11.5 Å². The third-order valence-corrected chi connectivity index (χ3v) is 2.89. The van der Waals surface area contributed by atoms with Crippen LogP contribution in [-0.2, 0) is 11.2 Å². The quantitative estimate of drug-likeness (QED) is 0.735. The molecule has 0 heterocycles. The van der Waals surface area contributed by atoms with Gasteiger partial charge < -0.3 is 14.8 Å². The van der Waals surface area contributed by atoms with Gasteiger partial charge in [0.05, 0.1) is 14.2 Å². The molecule has 0 radical (unpaired) electrons. The van der Waals surface area contributed by atoms with Gasteiger partial charge in [-0.15, -0.1) is 0 Å². The van der Waals surface area contributed by atoms with Crippen LogP contribution >= 0.6 is 0 Å². The first-order valence-electron chi connectivity index (χ1n) is 6.68. The molecular weight excluding hydrogens is 242 g/mol. The summed E-state index contributed by atoms with van der Waals surface area (Å²) in [6.45, 7) is 2.72. The van der Waals surface area contributed by atoms with Crippen molar-refractivity contribution in [1.82, 2.24) is 5.32 Å². The first-order valence-corrected chi connectivity index (χ1v) is 6.68. The maximum Gasteiger partial charge on any atom is 0.219 e. The number of nitrogens with one attached hydrogen (secondary N) is 1. The number of hydrogen-bond acceptors (Lipinski definition) is 3. The molecule has 0 aliphatic carbocycles. The molecule has 1 aromatic carbocycles. The molecule has 0 spiro atoms. The van der Waals surface area contributed by atoms with Gasteiger partial charge >= 0.3 is 0 Å². The number of ether oxygens (including phenoxy) is 2. The fourth-order valence-corrected chi connectivity index (χ4v) is 1.87. The lowest BCUT2D eigenvalue weighted by Gasteiger charge is -2.09. The molecule has 0 unspecified atom stereocenters. The molecule has 1 aromatic rings. The zero-order valence-corrected chi connectivity index (χ0v) is 12.0. The first kappa shape index (κ1) is 15.3. The molecule has 4 heteroatoms. The number of benzene rings is 1. The molecule has 0 atom stereocenters. The van der Waals surface area contributed by atoms with Gasteiger partial charge in [-0.25, -0.2) is 0 Å². The van der Waals surface area contributed by atoms with E-state index in [2.05, 4.69) is 5.32 Å². The Balaban J connectivity index is 2.39. The van der Waals surface area contributed by atoms with E-state index in [0.29, 0.717) is 13.0 Å². The van der Waals surface area contributed by atoms with E-state index in [9.17, 15) is 4.79 Å². The fraction of sp³-hybridized carbons (Fsp3) is 0.533. The third kappa shape index (κ3) is 5.20. The minimum Gasteiger partial charge on any atom is -0.493 e. The van der Waals surface area contributed by atoms with Crippen LogP contribution in [0, 0.1) is 0 Å². The summed E-state index contributed by atoms with van der Waals surface area (Å²) < 4.78 is 10.5. The molecule has 0 saturated carbocycles. The van der Waals surface area contributed by atoms with Crippen LogP contribution in [0.25, 0.3) is 0 Å². The highest BCUT2D eigenvalue weighted by Crippen LogP contribution is 2.27. The molecular formula is C15H23NO3. The molecule has 1 amide bonds. The molecule has 0 aliphatic rings. The van der Waals surface area contributed by atoms with E-state index in [4.69, 9.17) is 9.47 Å². The number of hydrogen-bond donors (Lipinski definition) is 1. The summed E-state index contributed by atoms with van der Waals surface area (Å²) in [4.78, 5) is 11.3. The minimum absolute atomic E-state index is 0.134. The number of aryl methyl sites for hydroxylation is 1. The molecule has 4 nitrogen and oxygen atoms in total. The van der Waals surface area contributed by atoms with Crippen molar-refractivity contribution in [2.45, 2.75) is 32.6 Å². The SMILES string of the molecule is CCCC(=O)NCCCc1ccc(OC)c(OC)c1. The predicted molar refractivity (Wildman–Crippen MR) is 75.8 cm³/mol. The Morgan fingerprint density at radius 3 is 2.58 bits per heavy atom. The van der Waals surface area contributed by atoms with E-state index in [-0.39, 0.29) is 5.91 Å². The molecule has 1 N–H and O–H groups in total. The second kappa shape index (κ2) is 8.40. The second-order valence-corrected chi connectivity index (χ2v) is 4.39. The van der Waals surface area contributed by atoms with Crippen LogP contribution in [0.1, 0.15) is 31.7 Å². The van der Waals surface area contributed by atoms with Gasteiger partial charge in [0.25, 0.3) is 0 Å². The Morgan fingerprint density at radius 2 is 1.95 bits per heavy atom. The number of carbonyl (C=O) groups is 1. The van der Waals surface area contributed by atoms with Crippen LogP contribution in [-0.4, -0.2) is 26.7 Å². The Labute approximate surface area is 115 Å². The van der Waals surface area contributed by atoms with Gasteiger partial charge in [0.15, 0.2) is 11.5 Å². The maximum atomic E-state index is 11.3. The van der Waals surface area contributed by atoms with Crippen molar-refractivity contribution in [2.24, 2.45) is 0 Å². The largest absolute Gasteiger partial charge is 0.493 e. The van der Waals surface area contributed by atoms with Gasteiger partial charge in [-0.1, -0.05) is 13.0 Å². The highest BCUT2D eigenvalue weighted by atomic mass is 16.5. The summed E-state index contributed by atoms with van der Waals surface area (Å²) in [5.74, 6) is 1.62. The number of amides is 1. The Hall–Kier alpha value is -1.71. The standard InChI is InChI=1S/C15H23NO3/c1-4-6-15(17)16-10-5-7-12-8-9-13(18-2)14(11-12)19-3/h8-9,11H,4-7,10H2,1-3H3,(H,16,17). The molecule has 0 bridgehead atoms. The second-order valence-electron chi connectivity index (χ2n) is 4.39. The van der Waals surface area contributed by atoms with Crippen molar-refractivity contribution in [2.75, 3.05) is 20.8 Å². The summed E-state index contributed by atoms with van der Waals surface area (Å²) >= 11 is 0. The average molecular weight is 265 g/mol. The summed E-state index contributed by atoms with van der Waals surface area (Å²) in [5, 5.41) is 2.91. The lowest BCUT2D eigenvalue weighted by Crippen LogP contribution is -2.24. The number of carbonyl (C=O) groups excluding carboxylic acids is 1. The lowest BCUT2D eigenvalue weighted by molar-refractivity contribution is -0.121. The van der Waals surface area contributed by atoms with E-state index in [1.165, 1.54) is 5.56 Å². The van der Waals surface area contributed by atoms with Crippen molar-refractivity contribution >= 4 is 5.91 Å². The van der Waals surface area contributed by atoms with Crippen LogP contribution in [0.4, 0.5) is 0 Å².